The van der Waals surface area contributed by atoms with Gasteiger partial charge in [0, 0.05) is 11.7 Å². The van der Waals surface area contributed by atoms with E-state index < -0.39 is 45.0 Å². The number of benzene rings is 2. The molecule has 3 fully saturated rings. The number of rotatable bonds is 6. The Labute approximate surface area is 223 Å². The van der Waals surface area contributed by atoms with E-state index in [2.05, 4.69) is 5.32 Å². The summed E-state index contributed by atoms with van der Waals surface area (Å²) in [5.74, 6) is 0. The molecule has 5 nitrogen and oxygen atoms in total. The van der Waals surface area contributed by atoms with Crippen molar-refractivity contribution < 1.29 is 30.9 Å². The molecule has 0 amide bonds. The van der Waals surface area contributed by atoms with E-state index >= 15 is 0 Å². The number of hydrogen-bond acceptors (Lipinski definition) is 5. The molecule has 1 saturated heterocycles. The molecule has 206 valence electrons. The van der Waals surface area contributed by atoms with E-state index in [9.17, 15) is 21.6 Å². The van der Waals surface area contributed by atoms with Crippen molar-refractivity contribution in [3.63, 3.8) is 0 Å². The zero-order valence-corrected chi connectivity index (χ0v) is 23.1. The molecule has 2 saturated carbocycles. The lowest BCUT2D eigenvalue weighted by atomic mass is 9.79. The van der Waals surface area contributed by atoms with Gasteiger partial charge < -0.3 is 14.6 Å². The second-order valence-corrected chi connectivity index (χ2v) is 14.2. The van der Waals surface area contributed by atoms with Crippen LogP contribution in [0.5, 0.6) is 0 Å². The summed E-state index contributed by atoms with van der Waals surface area (Å²) in [4.78, 5) is 0.295. The number of anilines is 1. The molecule has 0 unspecified atom stereocenters. The summed E-state index contributed by atoms with van der Waals surface area (Å²) in [7, 11) is -4.04. The lowest BCUT2D eigenvalue weighted by Gasteiger charge is -2.32. The highest BCUT2D eigenvalue weighted by Gasteiger charge is 2.64. The first kappa shape index (κ1) is 27.5. The van der Waals surface area contributed by atoms with Gasteiger partial charge in [-0.2, -0.15) is 13.2 Å². The summed E-state index contributed by atoms with van der Waals surface area (Å²) in [5.41, 5.74) is -0.768. The molecule has 1 aliphatic heterocycles. The van der Waals surface area contributed by atoms with Crippen molar-refractivity contribution in [2.24, 2.45) is 0 Å². The minimum atomic E-state index is -4.22. The van der Waals surface area contributed by atoms with Gasteiger partial charge in [0.1, 0.15) is 0 Å². The number of hydrogen-bond donors (Lipinski definition) is 1. The first-order valence-corrected chi connectivity index (χ1v) is 14.8. The minimum absolute atomic E-state index is 0.0792. The molecule has 1 heterocycles. The molecule has 2 aliphatic carbocycles. The van der Waals surface area contributed by atoms with E-state index in [4.69, 9.17) is 9.31 Å². The molecule has 38 heavy (non-hydrogen) atoms. The Morgan fingerprint density at radius 3 is 1.84 bits per heavy atom. The van der Waals surface area contributed by atoms with Crippen molar-refractivity contribution in [3.8, 4) is 0 Å². The SMILES string of the molecule is CC1(C)OB(c2ccc(S(=O)(=O)C3CCC(Nc4ccc(C5(C(F)(F)F)CC5)cc4)CC3)cc2)OC1(C)C. The van der Waals surface area contributed by atoms with Crippen molar-refractivity contribution in [3.05, 3.63) is 54.1 Å². The van der Waals surface area contributed by atoms with Gasteiger partial charge in [-0.1, -0.05) is 24.3 Å². The molecule has 2 aromatic carbocycles. The first-order valence-electron chi connectivity index (χ1n) is 13.3. The van der Waals surface area contributed by atoms with Crippen LogP contribution in [-0.2, 0) is 24.6 Å². The summed E-state index contributed by atoms with van der Waals surface area (Å²) >= 11 is 0. The predicted octanol–water partition coefficient (Wildman–Crippen LogP) is 5.78. The summed E-state index contributed by atoms with van der Waals surface area (Å²) in [5, 5.41) is 2.91. The summed E-state index contributed by atoms with van der Waals surface area (Å²) < 4.78 is 78.9. The van der Waals surface area contributed by atoms with Gasteiger partial charge in [0.05, 0.1) is 26.8 Å². The quantitative estimate of drug-likeness (QED) is 0.464. The molecule has 2 aromatic rings. The molecular weight excluding hydrogens is 514 g/mol. The number of nitrogens with one attached hydrogen (secondary N) is 1. The minimum Gasteiger partial charge on any atom is -0.399 e. The largest absolute Gasteiger partial charge is 0.494 e. The molecule has 1 N–H and O–H groups in total. The van der Waals surface area contributed by atoms with Gasteiger partial charge in [-0.05, 0) is 102 Å². The number of halogens is 3. The maximum absolute atomic E-state index is 13.4. The second-order valence-electron chi connectivity index (χ2n) is 12.0. The van der Waals surface area contributed by atoms with Crippen LogP contribution in [0.2, 0.25) is 0 Å². The molecule has 0 aromatic heterocycles. The Hall–Kier alpha value is -2.04. The Morgan fingerprint density at radius 1 is 0.842 bits per heavy atom. The molecule has 10 heteroatoms. The van der Waals surface area contributed by atoms with Crippen LogP contribution in [0.15, 0.2) is 53.4 Å². The van der Waals surface area contributed by atoms with E-state index in [1.165, 1.54) is 0 Å². The number of sulfone groups is 1. The molecule has 0 radical (unpaired) electrons. The van der Waals surface area contributed by atoms with Crippen molar-refractivity contribution in [1.82, 2.24) is 0 Å². The van der Waals surface area contributed by atoms with E-state index in [1.807, 2.05) is 27.7 Å². The third-order valence-corrected chi connectivity index (χ3v) is 11.2. The fraction of sp³-hybridized carbons (Fsp3) is 0.571. The maximum atomic E-state index is 13.4. The topological polar surface area (TPSA) is 64.6 Å². The Balaban J connectivity index is 1.17. The van der Waals surface area contributed by atoms with Crippen LogP contribution in [0, 0.1) is 0 Å². The van der Waals surface area contributed by atoms with Crippen LogP contribution >= 0.6 is 0 Å². The van der Waals surface area contributed by atoms with Crippen LogP contribution in [0.3, 0.4) is 0 Å². The van der Waals surface area contributed by atoms with E-state index in [-0.39, 0.29) is 18.9 Å². The van der Waals surface area contributed by atoms with Gasteiger partial charge in [0.15, 0.2) is 9.84 Å². The van der Waals surface area contributed by atoms with Crippen LogP contribution in [0.4, 0.5) is 18.9 Å². The highest BCUT2D eigenvalue weighted by Crippen LogP contribution is 2.58. The third-order valence-electron chi connectivity index (χ3n) is 8.95. The van der Waals surface area contributed by atoms with Crippen LogP contribution in [-0.4, -0.2) is 44.2 Å². The van der Waals surface area contributed by atoms with Crippen LogP contribution in [0.1, 0.15) is 71.8 Å². The molecule has 0 atom stereocenters. The standard InChI is InChI=1S/C28H35BF3NO4S/c1-25(2)26(3,4)37-29(36-25)20-7-13-23(14-8-20)38(34,35)24-15-11-22(12-16-24)33-21-9-5-19(6-10-21)27(17-18-27)28(30,31)32/h5-10,13-14,22,24,33H,11-12,15-18H2,1-4H3. The molecule has 5 rings (SSSR count). The van der Waals surface area contributed by atoms with Crippen LogP contribution in [0.25, 0.3) is 0 Å². The molecule has 0 bridgehead atoms. The average Bonchev–Trinajstić information content (AvgIpc) is 3.63. The van der Waals surface area contributed by atoms with Crippen molar-refractivity contribution in [2.75, 3.05) is 5.32 Å². The van der Waals surface area contributed by atoms with Gasteiger partial charge in [0.25, 0.3) is 0 Å². The normalized spacial score (nSPS) is 26.2. The van der Waals surface area contributed by atoms with Crippen molar-refractivity contribution in [1.29, 1.82) is 0 Å². The Morgan fingerprint density at radius 2 is 1.37 bits per heavy atom. The fourth-order valence-corrected chi connectivity index (χ4v) is 7.28. The van der Waals surface area contributed by atoms with E-state index in [1.54, 1.807) is 48.5 Å². The Bertz CT molecular complexity index is 1250. The third kappa shape index (κ3) is 4.88. The Kier molecular flexibility index (Phi) is 6.72. The maximum Gasteiger partial charge on any atom is 0.494 e. The summed E-state index contributed by atoms with van der Waals surface area (Å²) in [6.45, 7) is 7.90. The highest BCUT2D eigenvalue weighted by atomic mass is 32.2. The van der Waals surface area contributed by atoms with Crippen LogP contribution < -0.4 is 10.8 Å². The molecule has 0 spiro atoms. The van der Waals surface area contributed by atoms with Crippen molar-refractivity contribution in [2.45, 2.75) is 105 Å². The number of alkyl halides is 3. The van der Waals surface area contributed by atoms with Crippen molar-refractivity contribution >= 4 is 28.1 Å². The zero-order chi connectivity index (χ0) is 27.6. The summed E-state index contributed by atoms with van der Waals surface area (Å²) in [6, 6.07) is 13.4. The monoisotopic (exact) mass is 549 g/mol. The van der Waals surface area contributed by atoms with Gasteiger partial charge in [-0.25, -0.2) is 8.42 Å². The van der Waals surface area contributed by atoms with Gasteiger partial charge in [-0.15, -0.1) is 0 Å². The van der Waals surface area contributed by atoms with Gasteiger partial charge in [0.2, 0.25) is 0 Å². The fourth-order valence-electron chi connectivity index (χ4n) is 5.49. The molecular formula is C28H35BF3NO4S. The first-order chi connectivity index (χ1) is 17.6. The highest BCUT2D eigenvalue weighted by molar-refractivity contribution is 7.92. The lowest BCUT2D eigenvalue weighted by molar-refractivity contribution is -0.160. The smallest absolute Gasteiger partial charge is 0.399 e. The van der Waals surface area contributed by atoms with Gasteiger partial charge >= 0.3 is 13.3 Å². The lowest BCUT2D eigenvalue weighted by Crippen LogP contribution is -2.41. The zero-order valence-electron chi connectivity index (χ0n) is 22.3. The predicted molar refractivity (Wildman–Crippen MR) is 142 cm³/mol. The summed E-state index contributed by atoms with van der Waals surface area (Å²) in [6.07, 6.45) is -1.55. The van der Waals surface area contributed by atoms with E-state index in [0.717, 1.165) is 11.2 Å². The molecule has 3 aliphatic rings. The van der Waals surface area contributed by atoms with E-state index in [0.29, 0.717) is 36.1 Å². The second kappa shape index (κ2) is 9.27. The van der Waals surface area contributed by atoms with Gasteiger partial charge in [-0.3, -0.25) is 0 Å². The average molecular weight is 549 g/mol.